The van der Waals surface area contributed by atoms with Crippen molar-refractivity contribution in [1.82, 2.24) is 41.0 Å². The standard InChI is InChI=1S/C69H80N10O18S/c1-34(2)53(76-47(81)13-9-8-10-25-77-48(82)20-21-49(77)83)64(86)75-45(12-11-23-71-66(70)88)63(85)73-40-16-14-38(15-17-40)29-94-67(89)78-31-68(90)28-39-26-35(3)57(92-7)56(84)50(39)54(78)55-61-52-51(60-59(95-33-96-60)36(4)58(52)97-37(5)80)46(79(55)68)30-93-65(87)69(32-98-61)62-42(22-24-72-69)43-27-41(91-6)18-19-44(43)74-62/h14-21,26-27,34,45-46,53-55,61,72,74,84,90H,8-13,22-25,28-33H2,1-7H3,(H,73,85)(H,75,86)(H,76,81)(H3,70,71,88)/t45-,46-,53-,54+,55+,61+,68?,69+/m0/s1. The zero-order valence-electron chi connectivity index (χ0n) is 55.4. The van der Waals surface area contributed by atoms with Crippen molar-refractivity contribution < 1.29 is 86.5 Å². The maximum Gasteiger partial charge on any atom is 0.410 e. The average Bonchev–Trinajstić information content (AvgIpc) is 1.31. The number of carbonyl (C=O) groups is 9. The summed E-state index contributed by atoms with van der Waals surface area (Å²) in [6.45, 7) is 7.70. The molecule has 4 aromatic carbocycles. The lowest BCUT2D eigenvalue weighted by Crippen LogP contribution is -2.71. The number of urea groups is 1. The second-order valence-electron chi connectivity index (χ2n) is 26.0. The number of amides is 8. The third-order valence-electron chi connectivity index (χ3n) is 19.4. The van der Waals surface area contributed by atoms with Gasteiger partial charge in [-0.05, 0) is 104 Å². The van der Waals surface area contributed by atoms with Crippen LogP contribution in [0.3, 0.4) is 0 Å². The van der Waals surface area contributed by atoms with Crippen molar-refractivity contribution in [1.29, 1.82) is 0 Å². The van der Waals surface area contributed by atoms with Gasteiger partial charge in [0.05, 0.1) is 49.8 Å². The number of phenols is 1. The summed E-state index contributed by atoms with van der Waals surface area (Å²) in [5, 5.41) is 41.0. The molecule has 4 bridgehead atoms. The van der Waals surface area contributed by atoms with Gasteiger partial charge in [0, 0.05) is 96.1 Å². The van der Waals surface area contributed by atoms with Crippen LogP contribution in [0.4, 0.5) is 15.3 Å². The number of H-pyrrole nitrogens is 1. The van der Waals surface area contributed by atoms with Gasteiger partial charge in [-0.3, -0.25) is 48.8 Å². The van der Waals surface area contributed by atoms with E-state index in [1.54, 1.807) is 59.1 Å². The number of aromatic amines is 1. The van der Waals surface area contributed by atoms with Crippen molar-refractivity contribution in [3.05, 3.63) is 111 Å². The van der Waals surface area contributed by atoms with Gasteiger partial charge in [0.2, 0.25) is 24.5 Å². The fourth-order valence-corrected chi connectivity index (χ4v) is 16.6. The van der Waals surface area contributed by atoms with Crippen LogP contribution >= 0.6 is 11.8 Å². The molecule has 5 aromatic rings. The molecular formula is C69H80N10O18S. The Bertz CT molecular complexity index is 4080. The van der Waals surface area contributed by atoms with E-state index in [4.69, 9.17) is 38.9 Å². The first-order valence-corrected chi connectivity index (χ1v) is 33.8. The molecule has 520 valence electrons. The van der Waals surface area contributed by atoms with Crippen molar-refractivity contribution in [2.75, 3.05) is 64.9 Å². The molecule has 10 N–H and O–H groups in total. The smallest absolute Gasteiger partial charge is 0.410 e. The number of rotatable bonds is 21. The summed E-state index contributed by atoms with van der Waals surface area (Å²) >= 11 is 1.32. The number of aromatic nitrogens is 1. The lowest BCUT2D eigenvalue weighted by atomic mass is 9.78. The quantitative estimate of drug-likeness (QED) is 0.0192. The van der Waals surface area contributed by atoms with Gasteiger partial charge in [-0.2, -0.15) is 0 Å². The van der Waals surface area contributed by atoms with Gasteiger partial charge >= 0.3 is 24.1 Å². The number of hydrogen-bond donors (Lipinski definition) is 9. The van der Waals surface area contributed by atoms with E-state index in [9.17, 15) is 43.8 Å². The number of aromatic hydroxyl groups is 1. The number of piperazine rings is 1. The highest BCUT2D eigenvalue weighted by Gasteiger charge is 2.65. The third kappa shape index (κ3) is 12.7. The summed E-state index contributed by atoms with van der Waals surface area (Å²) in [6, 6.07) is 7.63. The number of nitrogens with one attached hydrogen (secondary N) is 6. The maximum absolute atomic E-state index is 15.5. The number of methoxy groups -OCH3 is 2. The van der Waals surface area contributed by atoms with Crippen LogP contribution in [0.15, 0.2) is 60.7 Å². The number of imide groups is 1. The molecular weight excluding hydrogens is 1290 g/mol. The molecule has 14 rings (SSSR count). The van der Waals surface area contributed by atoms with Crippen LogP contribution < -0.4 is 56.0 Å². The Morgan fingerprint density at radius 3 is 2.35 bits per heavy atom. The second-order valence-corrected chi connectivity index (χ2v) is 27.2. The van der Waals surface area contributed by atoms with Gasteiger partial charge in [0.25, 0.3) is 11.8 Å². The van der Waals surface area contributed by atoms with E-state index < -0.39 is 101 Å². The number of unbranched alkanes of at least 4 members (excludes halogenated alkanes) is 2. The topological polar surface area (TPSA) is 370 Å². The fourth-order valence-electron chi connectivity index (χ4n) is 15.0. The van der Waals surface area contributed by atoms with Crippen molar-refractivity contribution in [2.45, 2.75) is 139 Å². The molecule has 1 aromatic heterocycles. The predicted octanol–water partition coefficient (Wildman–Crippen LogP) is 5.40. The summed E-state index contributed by atoms with van der Waals surface area (Å²) in [7, 11) is 3.01. The van der Waals surface area contributed by atoms with E-state index in [1.807, 2.05) is 29.2 Å². The van der Waals surface area contributed by atoms with E-state index in [0.29, 0.717) is 94.2 Å². The predicted molar refractivity (Wildman–Crippen MR) is 354 cm³/mol. The van der Waals surface area contributed by atoms with Gasteiger partial charge in [-0.15, -0.1) is 11.8 Å². The zero-order valence-corrected chi connectivity index (χ0v) is 56.2. The first-order valence-electron chi connectivity index (χ1n) is 32.7. The van der Waals surface area contributed by atoms with Crippen LogP contribution in [0.2, 0.25) is 0 Å². The molecule has 1 spiro atoms. The number of ether oxygens (including phenoxy) is 7. The highest BCUT2D eigenvalue weighted by molar-refractivity contribution is 7.99. The minimum Gasteiger partial charge on any atom is -0.504 e. The SMILES string of the molecule is COc1ccc2[nH]c3c(c2c1)CCN[C@]31CS[C@@H]2c3c(OC(C)=O)c(C)c4c(c3[C@H](COC1=O)N1[C@@H]2[C@H]2c3c(cc(C)c(OC)c3O)CC1(O)CN2C(=O)OCc1ccc(NC(=O)[C@H](CCCNC(N)=O)NC(=O)[C@@H](NC(=O)CCCCCN2C(=O)C=CC2=O)C(C)C)cc1)OCO4. The Morgan fingerprint density at radius 1 is 0.878 bits per heavy atom. The van der Waals surface area contributed by atoms with Crippen molar-refractivity contribution in [3.63, 3.8) is 0 Å². The number of fused-ring (bicyclic) bond motifs is 8. The summed E-state index contributed by atoms with van der Waals surface area (Å²) in [6.07, 6.45) is 3.77. The highest BCUT2D eigenvalue weighted by Crippen LogP contribution is 2.66. The van der Waals surface area contributed by atoms with E-state index in [-0.39, 0.29) is 99.2 Å². The molecule has 9 aliphatic heterocycles. The van der Waals surface area contributed by atoms with Gasteiger partial charge in [0.15, 0.2) is 28.5 Å². The molecule has 8 amide bonds. The van der Waals surface area contributed by atoms with Gasteiger partial charge in [-0.25, -0.2) is 14.4 Å². The van der Waals surface area contributed by atoms with Crippen molar-refractivity contribution in [3.8, 4) is 34.5 Å². The Kier molecular flexibility index (Phi) is 19.3. The van der Waals surface area contributed by atoms with Gasteiger partial charge < -0.3 is 75.4 Å². The number of nitrogens with two attached hydrogens (primary N) is 1. The number of benzene rings is 4. The number of anilines is 1. The van der Waals surface area contributed by atoms with Crippen LogP contribution in [0.25, 0.3) is 10.9 Å². The van der Waals surface area contributed by atoms with Gasteiger partial charge in [0.1, 0.15) is 42.5 Å². The van der Waals surface area contributed by atoms with E-state index >= 15 is 9.59 Å². The molecule has 0 saturated carbocycles. The number of phenolic OH excluding ortho intramolecular Hbond substituents is 1. The Morgan fingerprint density at radius 2 is 1.63 bits per heavy atom. The van der Waals surface area contributed by atoms with Crippen LogP contribution in [-0.4, -0.2) is 167 Å². The molecule has 9 atom stereocenters. The summed E-state index contributed by atoms with van der Waals surface area (Å²) in [5.41, 5.74) is 7.52. The summed E-state index contributed by atoms with van der Waals surface area (Å²) < 4.78 is 43.1. The van der Waals surface area contributed by atoms with Crippen LogP contribution in [-0.2, 0) is 68.0 Å². The molecule has 2 fully saturated rings. The zero-order chi connectivity index (χ0) is 69.6. The van der Waals surface area contributed by atoms with Crippen LogP contribution in [0, 0.1) is 19.8 Å². The third-order valence-corrected chi connectivity index (χ3v) is 20.9. The first kappa shape index (κ1) is 68.4. The van der Waals surface area contributed by atoms with Crippen LogP contribution in [0.5, 0.6) is 34.5 Å². The second kappa shape index (κ2) is 27.7. The molecule has 29 heteroatoms. The molecule has 9 aliphatic rings. The maximum atomic E-state index is 15.5. The highest BCUT2D eigenvalue weighted by atomic mass is 32.2. The normalized spacial score (nSPS) is 23.0. The minimum absolute atomic E-state index is 0.0164. The lowest BCUT2D eigenvalue weighted by molar-refractivity contribution is -0.213. The largest absolute Gasteiger partial charge is 0.504 e. The Balaban J connectivity index is 0.826. The van der Waals surface area contributed by atoms with E-state index in [2.05, 4.69) is 31.6 Å². The monoisotopic (exact) mass is 1370 g/mol. The number of nitrogens with zero attached hydrogens (tertiary/aromatic N) is 3. The number of carbonyl (C=O) groups excluding carboxylic acids is 9. The number of thioether (sulfide) groups is 1. The number of hydrogen-bond acceptors (Lipinski definition) is 21. The molecule has 98 heavy (non-hydrogen) atoms. The number of aliphatic hydroxyl groups is 1. The lowest BCUT2D eigenvalue weighted by Gasteiger charge is -2.60. The molecule has 10 heterocycles. The van der Waals surface area contributed by atoms with Gasteiger partial charge in [-0.1, -0.05) is 38.5 Å². The number of aryl methyl sites for hydroxylation is 1. The Hall–Kier alpha value is -9.58. The molecule has 0 aliphatic carbocycles. The molecule has 2 saturated heterocycles. The van der Waals surface area contributed by atoms with Crippen LogP contribution in [0.1, 0.15) is 127 Å². The Labute approximate surface area is 568 Å². The number of primary amides is 1. The molecule has 0 radical (unpaired) electrons. The molecule has 2 unspecified atom stereocenters. The van der Waals surface area contributed by atoms with Crippen molar-refractivity contribution >= 4 is 82.0 Å². The number of esters is 2. The van der Waals surface area contributed by atoms with Crippen molar-refractivity contribution in [2.24, 2.45) is 11.7 Å². The minimum atomic E-state index is -2.02. The summed E-state index contributed by atoms with van der Waals surface area (Å²) in [5.74, 6) is -2.76. The molecule has 28 nitrogen and oxygen atoms in total. The van der Waals surface area contributed by atoms with E-state index in [1.165, 1.54) is 42.8 Å². The summed E-state index contributed by atoms with van der Waals surface area (Å²) in [4.78, 5) is 129. The average molecular weight is 1370 g/mol. The first-order chi connectivity index (χ1) is 46.9. The van der Waals surface area contributed by atoms with E-state index in [0.717, 1.165) is 21.4 Å². The fraction of sp³-hybridized carbons (Fsp3) is 0.464.